The molecule has 1 atom stereocenters. The quantitative estimate of drug-likeness (QED) is 0.560. The van der Waals surface area contributed by atoms with Crippen LogP contribution in [0.5, 0.6) is 17.2 Å². The van der Waals surface area contributed by atoms with Crippen LogP contribution in [-0.2, 0) is 9.59 Å². The van der Waals surface area contributed by atoms with E-state index in [1.807, 2.05) is 25.1 Å². The molecule has 1 unspecified atom stereocenters. The summed E-state index contributed by atoms with van der Waals surface area (Å²) in [5, 5.41) is 10.0. The van der Waals surface area contributed by atoms with Crippen molar-refractivity contribution in [3.05, 3.63) is 48.7 Å². The van der Waals surface area contributed by atoms with Crippen LogP contribution in [-0.4, -0.2) is 42.4 Å². The average molecular weight is 436 g/mol. The number of fused-ring (bicyclic) bond motifs is 1. The molecule has 9 heteroatoms. The highest BCUT2D eigenvalue weighted by Crippen LogP contribution is 2.39. The van der Waals surface area contributed by atoms with Gasteiger partial charge in [0, 0.05) is 5.56 Å². The van der Waals surface area contributed by atoms with Gasteiger partial charge in [-0.05, 0) is 36.8 Å². The first kappa shape index (κ1) is 21.2. The predicted octanol–water partition coefficient (Wildman–Crippen LogP) is 3.49. The number of ether oxygens (including phenoxy) is 3. The molecule has 0 spiro atoms. The third kappa shape index (κ3) is 3.96. The molecular weight excluding hydrogens is 412 g/mol. The van der Waals surface area contributed by atoms with Crippen molar-refractivity contribution in [1.29, 1.82) is 0 Å². The number of nitrogens with zero attached hydrogens (tertiary/aromatic N) is 2. The summed E-state index contributed by atoms with van der Waals surface area (Å²) in [6.07, 6.45) is 1.59. The minimum absolute atomic E-state index is 0.0631. The third-order valence-electron chi connectivity index (χ3n) is 5.17. The van der Waals surface area contributed by atoms with E-state index < -0.39 is 6.04 Å². The number of amides is 2. The maximum atomic E-state index is 12.7. The fourth-order valence-electron chi connectivity index (χ4n) is 3.66. The topological polar surface area (TPSA) is 104 Å². The molecule has 166 valence electrons. The van der Waals surface area contributed by atoms with E-state index in [0.717, 1.165) is 11.1 Å². The summed E-state index contributed by atoms with van der Waals surface area (Å²) in [7, 11) is 3.13. The highest BCUT2D eigenvalue weighted by Gasteiger charge is 2.35. The van der Waals surface area contributed by atoms with Gasteiger partial charge in [-0.25, -0.2) is 4.68 Å². The zero-order chi connectivity index (χ0) is 22.7. The Bertz CT molecular complexity index is 1160. The Labute approximate surface area is 185 Å². The van der Waals surface area contributed by atoms with Crippen molar-refractivity contribution in [1.82, 2.24) is 9.78 Å². The molecule has 0 bridgehead atoms. The molecule has 1 aliphatic heterocycles. The molecule has 3 aromatic rings. The lowest BCUT2D eigenvalue weighted by molar-refractivity contribution is -0.123. The number of aromatic nitrogens is 2. The Balaban J connectivity index is 1.54. The van der Waals surface area contributed by atoms with Crippen molar-refractivity contribution in [3.63, 3.8) is 0 Å². The van der Waals surface area contributed by atoms with Gasteiger partial charge in [-0.2, -0.15) is 5.10 Å². The number of rotatable bonds is 8. The smallest absolute Gasteiger partial charge is 0.251 e. The van der Waals surface area contributed by atoms with Crippen LogP contribution in [0, 0.1) is 0 Å². The van der Waals surface area contributed by atoms with E-state index in [1.165, 1.54) is 0 Å². The van der Waals surface area contributed by atoms with E-state index in [2.05, 4.69) is 15.7 Å². The number of methoxy groups -OCH3 is 2. The largest absolute Gasteiger partial charge is 0.493 e. The van der Waals surface area contributed by atoms with Gasteiger partial charge in [-0.3, -0.25) is 9.59 Å². The van der Waals surface area contributed by atoms with E-state index in [4.69, 9.17) is 14.2 Å². The van der Waals surface area contributed by atoms with Gasteiger partial charge in [0.05, 0.1) is 39.1 Å². The summed E-state index contributed by atoms with van der Waals surface area (Å²) < 4.78 is 17.7. The van der Waals surface area contributed by atoms with Gasteiger partial charge in [0.1, 0.15) is 17.6 Å². The first-order valence-corrected chi connectivity index (χ1v) is 10.2. The monoisotopic (exact) mass is 436 g/mol. The lowest BCUT2D eigenvalue weighted by Crippen LogP contribution is -2.23. The van der Waals surface area contributed by atoms with E-state index in [-0.39, 0.29) is 18.2 Å². The van der Waals surface area contributed by atoms with E-state index in [1.54, 1.807) is 49.4 Å². The number of nitrogens with one attached hydrogen (secondary N) is 2. The fraction of sp³-hybridized carbons (Fsp3) is 0.261. The summed E-state index contributed by atoms with van der Waals surface area (Å²) in [4.78, 5) is 25.3. The minimum Gasteiger partial charge on any atom is -0.493 e. The van der Waals surface area contributed by atoms with Crippen molar-refractivity contribution in [3.8, 4) is 28.4 Å². The number of anilines is 2. The molecule has 0 saturated heterocycles. The molecule has 2 aromatic carbocycles. The fourth-order valence-corrected chi connectivity index (χ4v) is 3.66. The highest BCUT2D eigenvalue weighted by atomic mass is 16.5. The number of carbonyl (C=O) groups excluding carboxylic acids is 2. The van der Waals surface area contributed by atoms with Crippen molar-refractivity contribution in [2.45, 2.75) is 19.4 Å². The molecule has 0 aliphatic carbocycles. The van der Waals surface area contributed by atoms with Crippen LogP contribution in [0.3, 0.4) is 0 Å². The van der Waals surface area contributed by atoms with Crippen LogP contribution in [0.15, 0.2) is 48.7 Å². The molecule has 1 aromatic heterocycles. The van der Waals surface area contributed by atoms with Crippen LogP contribution in [0.2, 0.25) is 0 Å². The predicted molar refractivity (Wildman–Crippen MR) is 119 cm³/mol. The van der Waals surface area contributed by atoms with Crippen LogP contribution in [0.25, 0.3) is 11.1 Å². The molecule has 0 saturated carbocycles. The third-order valence-corrected chi connectivity index (χ3v) is 5.17. The van der Waals surface area contributed by atoms with Gasteiger partial charge in [0.2, 0.25) is 5.91 Å². The van der Waals surface area contributed by atoms with Crippen molar-refractivity contribution < 1.29 is 23.8 Å². The van der Waals surface area contributed by atoms with Crippen LogP contribution < -0.4 is 24.8 Å². The first-order valence-electron chi connectivity index (χ1n) is 10.2. The van der Waals surface area contributed by atoms with Crippen molar-refractivity contribution in [2.75, 3.05) is 31.5 Å². The summed E-state index contributed by atoms with van der Waals surface area (Å²) in [6, 6.07) is 11.9. The number of benzene rings is 2. The summed E-state index contributed by atoms with van der Waals surface area (Å²) in [6.45, 7) is 2.35. The summed E-state index contributed by atoms with van der Waals surface area (Å²) in [5.74, 6) is 1.69. The molecule has 2 heterocycles. The Morgan fingerprint density at radius 2 is 1.91 bits per heavy atom. The second-order valence-corrected chi connectivity index (χ2v) is 7.11. The second-order valence-electron chi connectivity index (χ2n) is 7.11. The van der Waals surface area contributed by atoms with Gasteiger partial charge in [-0.15, -0.1) is 0 Å². The molecule has 0 radical (unpaired) electrons. The molecule has 2 N–H and O–H groups in total. The summed E-state index contributed by atoms with van der Waals surface area (Å²) >= 11 is 0. The zero-order valence-electron chi connectivity index (χ0n) is 18.0. The minimum atomic E-state index is -0.752. The van der Waals surface area contributed by atoms with Crippen molar-refractivity contribution >= 4 is 23.3 Å². The number of hydrogen-bond acceptors (Lipinski definition) is 6. The molecule has 9 nitrogen and oxygen atoms in total. The first-order chi connectivity index (χ1) is 15.5. The van der Waals surface area contributed by atoms with Gasteiger partial charge >= 0.3 is 0 Å². The van der Waals surface area contributed by atoms with Gasteiger partial charge in [0.15, 0.2) is 11.5 Å². The molecule has 1 aliphatic rings. The Hall–Kier alpha value is -4.01. The lowest BCUT2D eigenvalue weighted by atomic mass is 10.1. The number of para-hydroxylation sites is 2. The molecule has 0 fully saturated rings. The highest BCUT2D eigenvalue weighted by molar-refractivity contribution is 6.04. The Morgan fingerprint density at radius 1 is 1.12 bits per heavy atom. The maximum absolute atomic E-state index is 12.7. The Kier molecular flexibility index (Phi) is 5.98. The molecule has 2 amide bonds. The summed E-state index contributed by atoms with van der Waals surface area (Å²) in [5.41, 5.74) is 2.09. The normalized spacial score (nSPS) is 14.5. The van der Waals surface area contributed by atoms with E-state index >= 15 is 0 Å². The van der Waals surface area contributed by atoms with Crippen LogP contribution >= 0.6 is 0 Å². The van der Waals surface area contributed by atoms with Crippen molar-refractivity contribution in [2.24, 2.45) is 0 Å². The molecular formula is C23H24N4O5. The molecule has 32 heavy (non-hydrogen) atoms. The van der Waals surface area contributed by atoms with Crippen LogP contribution in [0.1, 0.15) is 19.4 Å². The van der Waals surface area contributed by atoms with Gasteiger partial charge in [0.25, 0.3) is 5.91 Å². The van der Waals surface area contributed by atoms with Gasteiger partial charge < -0.3 is 24.8 Å². The van der Waals surface area contributed by atoms with E-state index in [9.17, 15) is 9.59 Å². The standard InChI is InChI=1S/C23H24N4O5/c1-4-32-18-8-6-5-7-16(18)25-21(28)12-17-23(29)26-22-15(13-24-27(17)22)14-9-10-19(30-2)20(11-14)31-3/h5-11,13,17H,4,12H2,1-3H3,(H,25,28)(H,26,29). The zero-order valence-corrected chi connectivity index (χ0v) is 18.0. The average Bonchev–Trinajstić information content (AvgIpc) is 3.34. The Morgan fingerprint density at radius 3 is 2.66 bits per heavy atom. The molecule has 4 rings (SSSR count). The number of carbonyl (C=O) groups is 2. The van der Waals surface area contributed by atoms with E-state index in [0.29, 0.717) is 35.4 Å². The second kappa shape index (κ2) is 9.01. The van der Waals surface area contributed by atoms with Crippen LogP contribution in [0.4, 0.5) is 11.5 Å². The SMILES string of the molecule is CCOc1ccccc1NC(=O)CC1C(=O)Nc2c(-c3ccc(OC)c(OC)c3)cnn21. The lowest BCUT2D eigenvalue weighted by Gasteiger charge is -2.13. The maximum Gasteiger partial charge on any atom is 0.251 e. The number of hydrogen-bond donors (Lipinski definition) is 2. The van der Waals surface area contributed by atoms with Gasteiger partial charge in [-0.1, -0.05) is 18.2 Å².